The van der Waals surface area contributed by atoms with Crippen LogP contribution in [-0.2, 0) is 0 Å². The number of nitrogen functional groups attached to an aromatic ring is 1. The lowest BCUT2D eigenvalue weighted by Gasteiger charge is -2.01. The van der Waals surface area contributed by atoms with Crippen LogP contribution in [0.5, 0.6) is 0 Å². The van der Waals surface area contributed by atoms with Gasteiger partial charge in [0.05, 0.1) is 0 Å². The minimum absolute atomic E-state index is 0.587. The van der Waals surface area contributed by atoms with Crippen molar-refractivity contribution >= 4 is 28.4 Å². The molecule has 1 heterocycles. The zero-order valence-electron chi connectivity index (χ0n) is 10.7. The number of fused-ring (bicyclic) bond motifs is 1. The van der Waals surface area contributed by atoms with Crippen LogP contribution < -0.4 is 5.73 Å². The first-order valence-corrected chi connectivity index (χ1v) is 6.35. The Kier molecular flexibility index (Phi) is 2.72. The second-order valence-electron chi connectivity index (χ2n) is 4.66. The van der Waals surface area contributed by atoms with E-state index in [0.29, 0.717) is 10.9 Å². The third-order valence-electron chi connectivity index (χ3n) is 3.16. The molecule has 3 nitrogen and oxygen atoms in total. The molecule has 3 rings (SSSR count). The number of hydrogen-bond acceptors (Lipinski definition) is 3. The molecule has 1 aromatic heterocycles. The van der Waals surface area contributed by atoms with Crippen molar-refractivity contribution in [2.24, 2.45) is 0 Å². The van der Waals surface area contributed by atoms with Crippen LogP contribution in [0.3, 0.4) is 0 Å². The maximum atomic E-state index is 6.03. The SMILES string of the molecule is Cc1cc(-c2nc3cc(Cl)cc(C)c3o2)ccc1N. The molecular formula is C15H13ClN2O. The third kappa shape index (κ3) is 2.06. The van der Waals surface area contributed by atoms with Gasteiger partial charge in [-0.1, -0.05) is 11.6 Å². The fourth-order valence-corrected chi connectivity index (χ4v) is 2.36. The highest BCUT2D eigenvalue weighted by Gasteiger charge is 2.11. The first kappa shape index (κ1) is 12.1. The number of nitrogens with two attached hydrogens (primary N) is 1. The van der Waals surface area contributed by atoms with Crippen LogP contribution >= 0.6 is 11.6 Å². The lowest BCUT2D eigenvalue weighted by Crippen LogP contribution is -1.89. The van der Waals surface area contributed by atoms with E-state index in [1.54, 1.807) is 6.07 Å². The predicted octanol–water partition coefficient (Wildman–Crippen LogP) is 4.35. The van der Waals surface area contributed by atoms with Gasteiger partial charge in [-0.15, -0.1) is 0 Å². The molecule has 0 bridgehead atoms. The summed E-state index contributed by atoms with van der Waals surface area (Å²) in [6.07, 6.45) is 0. The second-order valence-corrected chi connectivity index (χ2v) is 5.10. The molecule has 0 radical (unpaired) electrons. The van der Waals surface area contributed by atoms with Crippen molar-refractivity contribution in [2.45, 2.75) is 13.8 Å². The third-order valence-corrected chi connectivity index (χ3v) is 3.38. The fraction of sp³-hybridized carbons (Fsp3) is 0.133. The van der Waals surface area contributed by atoms with Crippen molar-refractivity contribution in [2.75, 3.05) is 5.73 Å². The Hall–Kier alpha value is -2.00. The average Bonchev–Trinajstić information content (AvgIpc) is 2.76. The monoisotopic (exact) mass is 272 g/mol. The van der Waals surface area contributed by atoms with Crippen LogP contribution in [0.1, 0.15) is 11.1 Å². The minimum Gasteiger partial charge on any atom is -0.436 e. The summed E-state index contributed by atoms with van der Waals surface area (Å²) in [5, 5.41) is 0.665. The Balaban J connectivity index is 2.20. The molecule has 0 aliphatic carbocycles. The highest BCUT2D eigenvalue weighted by atomic mass is 35.5. The lowest BCUT2D eigenvalue weighted by molar-refractivity contribution is 0.617. The van der Waals surface area contributed by atoms with E-state index in [1.165, 1.54) is 0 Å². The number of aromatic nitrogens is 1. The van der Waals surface area contributed by atoms with Gasteiger partial charge in [-0.05, 0) is 55.3 Å². The zero-order chi connectivity index (χ0) is 13.6. The van der Waals surface area contributed by atoms with E-state index in [4.69, 9.17) is 21.8 Å². The van der Waals surface area contributed by atoms with Gasteiger partial charge in [-0.3, -0.25) is 0 Å². The molecule has 2 aromatic carbocycles. The van der Waals surface area contributed by atoms with Gasteiger partial charge in [0, 0.05) is 16.3 Å². The van der Waals surface area contributed by atoms with E-state index in [9.17, 15) is 0 Å². The molecule has 0 amide bonds. The Morgan fingerprint density at radius 3 is 2.63 bits per heavy atom. The van der Waals surface area contributed by atoms with E-state index in [0.717, 1.165) is 33.5 Å². The summed E-state index contributed by atoms with van der Waals surface area (Å²) >= 11 is 6.03. The number of rotatable bonds is 1. The van der Waals surface area contributed by atoms with Gasteiger partial charge in [0.2, 0.25) is 5.89 Å². The van der Waals surface area contributed by atoms with E-state index in [1.807, 2.05) is 38.1 Å². The van der Waals surface area contributed by atoms with Gasteiger partial charge in [0.15, 0.2) is 5.58 Å². The van der Waals surface area contributed by atoms with Crippen LogP contribution in [-0.4, -0.2) is 4.98 Å². The Morgan fingerprint density at radius 1 is 1.11 bits per heavy atom. The fourth-order valence-electron chi connectivity index (χ4n) is 2.09. The van der Waals surface area contributed by atoms with Gasteiger partial charge >= 0.3 is 0 Å². The quantitative estimate of drug-likeness (QED) is 0.670. The minimum atomic E-state index is 0.587. The number of anilines is 1. The van der Waals surface area contributed by atoms with Gasteiger partial charge in [0.1, 0.15) is 5.52 Å². The molecule has 2 N–H and O–H groups in total. The van der Waals surface area contributed by atoms with E-state index < -0.39 is 0 Å². The van der Waals surface area contributed by atoms with Crippen LogP contribution in [0.25, 0.3) is 22.6 Å². The summed E-state index contributed by atoms with van der Waals surface area (Å²) in [5.41, 5.74) is 11.0. The number of aryl methyl sites for hydroxylation is 2. The molecule has 4 heteroatoms. The van der Waals surface area contributed by atoms with E-state index >= 15 is 0 Å². The standard InChI is InChI=1S/C15H13ClN2O/c1-8-5-10(3-4-12(8)17)15-18-13-7-11(16)6-9(2)14(13)19-15/h3-7H,17H2,1-2H3. The molecule has 0 saturated heterocycles. The van der Waals surface area contributed by atoms with Gasteiger partial charge < -0.3 is 10.2 Å². The van der Waals surface area contributed by atoms with Crippen molar-refractivity contribution < 1.29 is 4.42 Å². The largest absolute Gasteiger partial charge is 0.436 e. The molecule has 0 fully saturated rings. The van der Waals surface area contributed by atoms with Crippen molar-refractivity contribution in [1.82, 2.24) is 4.98 Å². The normalized spacial score (nSPS) is 11.1. The van der Waals surface area contributed by atoms with Gasteiger partial charge in [-0.2, -0.15) is 0 Å². The highest BCUT2D eigenvalue weighted by molar-refractivity contribution is 6.31. The molecular weight excluding hydrogens is 260 g/mol. The Labute approximate surface area is 116 Å². The number of hydrogen-bond donors (Lipinski definition) is 1. The summed E-state index contributed by atoms with van der Waals surface area (Å²) < 4.78 is 5.82. The average molecular weight is 273 g/mol. The van der Waals surface area contributed by atoms with E-state index in [2.05, 4.69) is 4.98 Å². The highest BCUT2D eigenvalue weighted by Crippen LogP contribution is 2.30. The van der Waals surface area contributed by atoms with Gasteiger partial charge in [0.25, 0.3) is 0 Å². The summed E-state index contributed by atoms with van der Waals surface area (Å²) in [5.74, 6) is 0.587. The smallest absolute Gasteiger partial charge is 0.227 e. The van der Waals surface area contributed by atoms with Crippen molar-refractivity contribution in [1.29, 1.82) is 0 Å². The molecule has 0 unspecified atom stereocenters. The number of nitrogens with zero attached hydrogens (tertiary/aromatic N) is 1. The molecule has 96 valence electrons. The Morgan fingerprint density at radius 2 is 1.89 bits per heavy atom. The Bertz CT molecular complexity index is 777. The van der Waals surface area contributed by atoms with Crippen molar-refractivity contribution in [3.63, 3.8) is 0 Å². The summed E-state index contributed by atoms with van der Waals surface area (Å²) in [7, 11) is 0. The van der Waals surface area contributed by atoms with E-state index in [-0.39, 0.29) is 0 Å². The number of halogens is 1. The lowest BCUT2D eigenvalue weighted by atomic mass is 10.1. The molecule has 3 aromatic rings. The maximum absolute atomic E-state index is 6.03. The second kappa shape index (κ2) is 4.28. The molecule has 0 aliphatic rings. The van der Waals surface area contributed by atoms with Crippen molar-refractivity contribution in [3.8, 4) is 11.5 Å². The summed E-state index contributed by atoms with van der Waals surface area (Å²) in [4.78, 5) is 4.48. The molecule has 0 aliphatic heterocycles. The predicted molar refractivity (Wildman–Crippen MR) is 78.3 cm³/mol. The van der Waals surface area contributed by atoms with Crippen molar-refractivity contribution in [3.05, 3.63) is 46.5 Å². The summed E-state index contributed by atoms with van der Waals surface area (Å²) in [6.45, 7) is 3.92. The van der Waals surface area contributed by atoms with Crippen LogP contribution in [0.4, 0.5) is 5.69 Å². The first-order chi connectivity index (χ1) is 9.04. The number of oxazole rings is 1. The summed E-state index contributed by atoms with van der Waals surface area (Å²) in [6, 6.07) is 9.41. The number of benzene rings is 2. The molecule has 0 atom stereocenters. The first-order valence-electron chi connectivity index (χ1n) is 5.98. The molecule has 19 heavy (non-hydrogen) atoms. The van der Waals surface area contributed by atoms with Gasteiger partial charge in [-0.25, -0.2) is 4.98 Å². The van der Waals surface area contributed by atoms with Crippen LogP contribution in [0, 0.1) is 13.8 Å². The zero-order valence-corrected chi connectivity index (χ0v) is 11.5. The van der Waals surface area contributed by atoms with Crippen LogP contribution in [0.15, 0.2) is 34.7 Å². The maximum Gasteiger partial charge on any atom is 0.227 e. The topological polar surface area (TPSA) is 52.0 Å². The molecule has 0 saturated carbocycles. The van der Waals surface area contributed by atoms with Crippen LogP contribution in [0.2, 0.25) is 5.02 Å². The molecule has 0 spiro atoms.